The van der Waals surface area contributed by atoms with Gasteiger partial charge >= 0.3 is 0 Å². The Hall–Kier alpha value is -1.05. The van der Waals surface area contributed by atoms with Crippen molar-refractivity contribution in [2.45, 2.75) is 6.04 Å². The van der Waals surface area contributed by atoms with Crippen LogP contribution < -0.4 is 5.32 Å². The Morgan fingerprint density at radius 3 is 2.33 bits per heavy atom. The van der Waals surface area contributed by atoms with Crippen LogP contribution in [0.15, 0.2) is 25.3 Å². The highest BCUT2D eigenvalue weighted by Crippen LogP contribution is 2.15. The molecule has 1 aliphatic heterocycles. The van der Waals surface area contributed by atoms with Crippen LogP contribution in [0.1, 0.15) is 0 Å². The van der Waals surface area contributed by atoms with Crippen LogP contribution in [0.4, 0.5) is 0 Å². The molecule has 0 spiro atoms. The Balaban J connectivity index is 2.56. The fraction of sp³-hybridized carbons (Fsp3) is 0.286. The molecule has 0 aromatic rings. The molecule has 1 saturated heterocycles. The van der Waals surface area contributed by atoms with Crippen molar-refractivity contribution in [3.63, 3.8) is 0 Å². The maximum atomic E-state index is 10.6. The van der Waals surface area contributed by atoms with Gasteiger partial charge < -0.3 is 5.32 Å². The summed E-state index contributed by atoms with van der Waals surface area (Å²) in [5, 5.41) is 2.67. The topological polar surface area (TPSA) is 29.1 Å². The molecule has 0 aliphatic carbocycles. The molecule has 9 heavy (non-hydrogen) atoms. The zero-order valence-electron chi connectivity index (χ0n) is 5.13. The number of nitrogens with one attached hydrogen (secondary N) is 1. The first-order valence-electron chi connectivity index (χ1n) is 2.85. The van der Waals surface area contributed by atoms with Gasteiger partial charge in [-0.2, -0.15) is 0 Å². The molecular formula is C7H9NO. The van der Waals surface area contributed by atoms with E-state index in [1.807, 2.05) is 0 Å². The summed E-state index contributed by atoms with van der Waals surface area (Å²) in [6, 6.07) is 0.120. The Kier molecular flexibility index (Phi) is 1.39. The quantitative estimate of drug-likeness (QED) is 0.420. The summed E-state index contributed by atoms with van der Waals surface area (Å²) >= 11 is 0. The van der Waals surface area contributed by atoms with Crippen LogP contribution in [0.5, 0.6) is 0 Å². The van der Waals surface area contributed by atoms with Gasteiger partial charge in [-0.05, 0) is 0 Å². The molecule has 0 saturated carbocycles. The van der Waals surface area contributed by atoms with Crippen LogP contribution in [0, 0.1) is 5.92 Å². The number of carbonyl (C=O) groups is 1. The van der Waals surface area contributed by atoms with Gasteiger partial charge in [-0.15, -0.1) is 13.2 Å². The third-order valence-corrected chi connectivity index (χ3v) is 1.51. The molecule has 1 amide bonds. The predicted molar refractivity (Wildman–Crippen MR) is 35.8 cm³/mol. The van der Waals surface area contributed by atoms with Gasteiger partial charge in [0.15, 0.2) is 0 Å². The van der Waals surface area contributed by atoms with E-state index in [0.717, 1.165) is 0 Å². The van der Waals surface area contributed by atoms with Crippen molar-refractivity contribution in [2.24, 2.45) is 5.92 Å². The average Bonchev–Trinajstić information content (AvgIpc) is 1.83. The molecule has 1 N–H and O–H groups in total. The molecule has 0 radical (unpaired) electrons. The molecule has 1 aliphatic rings. The lowest BCUT2D eigenvalue weighted by molar-refractivity contribution is -0.131. The standard InChI is InChI=1S/C7H9NO/c1-3-5-6(4-2)8-7(5)9/h3-6H,1-2H2,(H,8,9)/t5-,6+/m0/s1. The Bertz CT molecular complexity index is 162. The molecule has 1 heterocycles. The van der Waals surface area contributed by atoms with E-state index in [-0.39, 0.29) is 17.9 Å². The first-order chi connectivity index (χ1) is 4.29. The third-order valence-electron chi connectivity index (χ3n) is 1.51. The van der Waals surface area contributed by atoms with Crippen molar-refractivity contribution >= 4 is 5.91 Å². The summed E-state index contributed by atoms with van der Waals surface area (Å²) in [6.07, 6.45) is 3.36. The van der Waals surface area contributed by atoms with E-state index in [2.05, 4.69) is 18.5 Å². The van der Waals surface area contributed by atoms with E-state index in [1.54, 1.807) is 12.2 Å². The molecule has 1 rings (SSSR count). The Morgan fingerprint density at radius 2 is 2.11 bits per heavy atom. The molecule has 2 nitrogen and oxygen atoms in total. The molecule has 48 valence electrons. The summed E-state index contributed by atoms with van der Waals surface area (Å²) in [7, 11) is 0. The van der Waals surface area contributed by atoms with Crippen molar-refractivity contribution in [1.82, 2.24) is 5.32 Å². The van der Waals surface area contributed by atoms with Gasteiger partial charge in [0.1, 0.15) is 0 Å². The second-order valence-electron chi connectivity index (χ2n) is 2.03. The molecule has 1 fully saturated rings. The van der Waals surface area contributed by atoms with Crippen LogP contribution >= 0.6 is 0 Å². The smallest absolute Gasteiger partial charge is 0.229 e. The van der Waals surface area contributed by atoms with E-state index in [1.165, 1.54) is 0 Å². The van der Waals surface area contributed by atoms with Crippen LogP contribution in [0.2, 0.25) is 0 Å². The van der Waals surface area contributed by atoms with E-state index in [9.17, 15) is 4.79 Å². The predicted octanol–water partition coefficient (Wildman–Crippen LogP) is 0.473. The van der Waals surface area contributed by atoms with Crippen molar-refractivity contribution in [1.29, 1.82) is 0 Å². The first-order valence-corrected chi connectivity index (χ1v) is 2.85. The maximum Gasteiger partial charge on any atom is 0.229 e. The van der Waals surface area contributed by atoms with Crippen molar-refractivity contribution in [3.8, 4) is 0 Å². The third kappa shape index (κ3) is 0.762. The van der Waals surface area contributed by atoms with E-state index >= 15 is 0 Å². The van der Waals surface area contributed by atoms with E-state index in [0.29, 0.717) is 0 Å². The number of hydrogen-bond acceptors (Lipinski definition) is 1. The number of rotatable bonds is 2. The second kappa shape index (κ2) is 2.05. The number of carbonyl (C=O) groups excluding carboxylic acids is 1. The zero-order valence-corrected chi connectivity index (χ0v) is 5.13. The fourth-order valence-electron chi connectivity index (χ4n) is 0.876. The Morgan fingerprint density at radius 1 is 1.44 bits per heavy atom. The summed E-state index contributed by atoms with van der Waals surface area (Å²) in [6.45, 7) is 7.08. The lowest BCUT2D eigenvalue weighted by atomic mass is 9.91. The Labute approximate surface area is 54.3 Å². The van der Waals surface area contributed by atoms with Gasteiger partial charge in [-0.3, -0.25) is 4.79 Å². The SMILES string of the molecule is C=C[C@@H]1C(=O)N[C@@H]1C=C. The second-order valence-corrected chi connectivity index (χ2v) is 2.03. The van der Waals surface area contributed by atoms with Gasteiger partial charge in [0.25, 0.3) is 0 Å². The molecule has 0 aromatic heterocycles. The molecule has 2 heteroatoms. The summed E-state index contributed by atoms with van der Waals surface area (Å²) in [5.41, 5.74) is 0. The minimum absolute atomic E-state index is 0.0394. The van der Waals surface area contributed by atoms with Crippen molar-refractivity contribution in [2.75, 3.05) is 0 Å². The maximum absolute atomic E-state index is 10.6. The van der Waals surface area contributed by atoms with Gasteiger partial charge in [-0.25, -0.2) is 0 Å². The highest BCUT2D eigenvalue weighted by atomic mass is 16.2. The lowest BCUT2D eigenvalue weighted by Gasteiger charge is -2.31. The van der Waals surface area contributed by atoms with Crippen LogP contribution in [0.25, 0.3) is 0 Å². The summed E-state index contributed by atoms with van der Waals surface area (Å²) in [5.74, 6) is 0.0115. The van der Waals surface area contributed by atoms with Crippen molar-refractivity contribution < 1.29 is 4.79 Å². The van der Waals surface area contributed by atoms with Crippen LogP contribution in [-0.4, -0.2) is 11.9 Å². The molecular weight excluding hydrogens is 114 g/mol. The van der Waals surface area contributed by atoms with E-state index in [4.69, 9.17) is 0 Å². The van der Waals surface area contributed by atoms with Crippen molar-refractivity contribution in [3.05, 3.63) is 25.3 Å². The fourth-order valence-corrected chi connectivity index (χ4v) is 0.876. The number of β-lactam (4-membered cyclic amide) rings is 1. The highest BCUT2D eigenvalue weighted by molar-refractivity contribution is 5.88. The summed E-state index contributed by atoms with van der Waals surface area (Å²) in [4.78, 5) is 10.6. The highest BCUT2D eigenvalue weighted by Gasteiger charge is 2.33. The largest absolute Gasteiger partial charge is 0.348 e. The van der Waals surface area contributed by atoms with Gasteiger partial charge in [0.2, 0.25) is 5.91 Å². The molecule has 0 unspecified atom stereocenters. The summed E-state index contributed by atoms with van der Waals surface area (Å²) < 4.78 is 0. The monoisotopic (exact) mass is 123 g/mol. The van der Waals surface area contributed by atoms with Gasteiger partial charge in [-0.1, -0.05) is 12.2 Å². The average molecular weight is 123 g/mol. The number of amides is 1. The normalized spacial score (nSPS) is 32.2. The van der Waals surface area contributed by atoms with Crippen LogP contribution in [0.3, 0.4) is 0 Å². The number of hydrogen-bond donors (Lipinski definition) is 1. The minimum Gasteiger partial charge on any atom is -0.348 e. The minimum atomic E-state index is -0.0394. The van der Waals surface area contributed by atoms with Crippen LogP contribution in [-0.2, 0) is 4.79 Å². The molecule has 2 atom stereocenters. The van der Waals surface area contributed by atoms with Gasteiger partial charge in [0.05, 0.1) is 12.0 Å². The first kappa shape index (κ1) is 6.08. The van der Waals surface area contributed by atoms with Gasteiger partial charge in [0, 0.05) is 0 Å². The van der Waals surface area contributed by atoms with E-state index < -0.39 is 0 Å². The lowest BCUT2D eigenvalue weighted by Crippen LogP contribution is -2.55. The zero-order chi connectivity index (χ0) is 6.85. The molecule has 0 bridgehead atoms. The molecule has 0 aromatic carbocycles.